The molecule has 0 aliphatic carbocycles. The number of hydrogen-bond donors (Lipinski definition) is 0. The smallest absolute Gasteiger partial charge is 0.305 e. The summed E-state index contributed by atoms with van der Waals surface area (Å²) in [6, 6.07) is 0. The van der Waals surface area contributed by atoms with Gasteiger partial charge in [-0.3, -0.25) is 24.0 Å². The Labute approximate surface area is 191 Å². The van der Waals surface area contributed by atoms with Gasteiger partial charge in [-0.25, -0.2) is 0 Å². The summed E-state index contributed by atoms with van der Waals surface area (Å²) in [6.07, 6.45) is -2.27. The van der Waals surface area contributed by atoms with Gasteiger partial charge in [-0.05, 0) is 6.42 Å². The molecule has 0 amide bonds. The van der Waals surface area contributed by atoms with Crippen molar-refractivity contribution in [1.29, 1.82) is 0 Å². The minimum atomic E-state index is -1.29. The van der Waals surface area contributed by atoms with E-state index in [1.807, 2.05) is 0 Å². The van der Waals surface area contributed by atoms with Crippen LogP contribution in [0.2, 0.25) is 0 Å². The summed E-state index contributed by atoms with van der Waals surface area (Å²) in [6.45, 7) is 4.23. The SMILES string of the molecule is COC(=O)CC/C=C\CO[C@H]1O[C@H](COC(C)=O)[C@@H](OC(C)=O)[C@H](OC(C)=O)[C@H]1OC(C)=O. The third-order valence-electron chi connectivity index (χ3n) is 4.21. The number of carbonyl (C=O) groups excluding carboxylic acids is 5. The van der Waals surface area contributed by atoms with Crippen LogP contribution in [0.25, 0.3) is 0 Å². The fourth-order valence-corrected chi connectivity index (χ4v) is 2.96. The summed E-state index contributed by atoms with van der Waals surface area (Å²) in [7, 11) is 1.29. The third kappa shape index (κ3) is 10.4. The quantitative estimate of drug-likeness (QED) is 0.234. The van der Waals surface area contributed by atoms with Crippen LogP contribution in [0.15, 0.2) is 12.2 Å². The number of ether oxygens (including phenoxy) is 7. The zero-order valence-electron chi connectivity index (χ0n) is 19.3. The summed E-state index contributed by atoms with van der Waals surface area (Å²) in [5.74, 6) is -3.15. The first-order valence-corrected chi connectivity index (χ1v) is 10.2. The predicted octanol–water partition coefficient (Wildman–Crippen LogP) is 0.596. The Morgan fingerprint density at radius 1 is 0.788 bits per heavy atom. The molecule has 1 aliphatic rings. The summed E-state index contributed by atoms with van der Waals surface area (Å²) in [4.78, 5) is 57.6. The molecule has 0 aromatic heterocycles. The van der Waals surface area contributed by atoms with Gasteiger partial charge in [-0.2, -0.15) is 0 Å². The normalized spacial score (nSPS) is 24.6. The minimum absolute atomic E-state index is 0.0189. The highest BCUT2D eigenvalue weighted by atomic mass is 16.7. The molecule has 0 spiro atoms. The highest BCUT2D eigenvalue weighted by Gasteiger charge is 2.52. The zero-order valence-corrected chi connectivity index (χ0v) is 19.3. The molecule has 33 heavy (non-hydrogen) atoms. The molecule has 1 rings (SSSR count). The third-order valence-corrected chi connectivity index (χ3v) is 4.21. The molecule has 0 radical (unpaired) electrons. The lowest BCUT2D eigenvalue weighted by Crippen LogP contribution is -2.62. The number of carbonyl (C=O) groups is 5. The molecule has 12 nitrogen and oxygen atoms in total. The molecule has 186 valence electrons. The summed E-state index contributed by atoms with van der Waals surface area (Å²) in [5.41, 5.74) is 0. The molecule has 0 N–H and O–H groups in total. The number of rotatable bonds is 11. The second-order valence-corrected chi connectivity index (χ2v) is 6.99. The van der Waals surface area contributed by atoms with Crippen molar-refractivity contribution in [2.45, 2.75) is 71.2 Å². The largest absolute Gasteiger partial charge is 0.469 e. The van der Waals surface area contributed by atoms with Crippen LogP contribution >= 0.6 is 0 Å². The first-order valence-electron chi connectivity index (χ1n) is 10.2. The first-order chi connectivity index (χ1) is 15.5. The predicted molar refractivity (Wildman–Crippen MR) is 108 cm³/mol. The van der Waals surface area contributed by atoms with E-state index in [1.54, 1.807) is 12.2 Å². The topological polar surface area (TPSA) is 150 Å². The molecule has 5 atom stereocenters. The van der Waals surface area contributed by atoms with Gasteiger partial charge in [0.25, 0.3) is 0 Å². The lowest BCUT2D eigenvalue weighted by Gasteiger charge is -2.43. The van der Waals surface area contributed by atoms with E-state index in [4.69, 9.17) is 28.4 Å². The molecule has 1 saturated heterocycles. The van der Waals surface area contributed by atoms with Crippen molar-refractivity contribution in [3.63, 3.8) is 0 Å². The Morgan fingerprint density at radius 3 is 1.91 bits per heavy atom. The molecular formula is C21H30O12. The fourth-order valence-electron chi connectivity index (χ4n) is 2.96. The van der Waals surface area contributed by atoms with Gasteiger partial charge in [0.05, 0.1) is 13.7 Å². The van der Waals surface area contributed by atoms with E-state index >= 15 is 0 Å². The van der Waals surface area contributed by atoms with E-state index in [9.17, 15) is 24.0 Å². The second kappa shape index (κ2) is 14.2. The number of esters is 5. The van der Waals surface area contributed by atoms with Crippen molar-refractivity contribution < 1.29 is 57.1 Å². The van der Waals surface area contributed by atoms with E-state index in [2.05, 4.69) is 4.74 Å². The number of methoxy groups -OCH3 is 1. The maximum atomic E-state index is 11.7. The van der Waals surface area contributed by atoms with E-state index in [1.165, 1.54) is 14.0 Å². The van der Waals surface area contributed by atoms with Crippen LogP contribution in [-0.4, -0.2) is 80.9 Å². The fraction of sp³-hybridized carbons (Fsp3) is 0.667. The van der Waals surface area contributed by atoms with Crippen molar-refractivity contribution in [1.82, 2.24) is 0 Å². The molecule has 12 heteroatoms. The standard InChI is InChI=1S/C21H30O12/c1-12(22)29-11-16-18(30-13(2)23)19(31-14(3)24)20(32-15(4)25)21(33-16)28-10-8-6-7-9-17(26)27-5/h6,8,16,18-21H,7,9-11H2,1-5H3/b8-6-/t16-,18-,19+,20-,21+/m1/s1. The molecule has 0 bridgehead atoms. The summed E-state index contributed by atoms with van der Waals surface area (Å²) in [5, 5.41) is 0. The number of allylic oxidation sites excluding steroid dienone is 1. The molecule has 0 unspecified atom stereocenters. The average Bonchev–Trinajstić information content (AvgIpc) is 2.71. The van der Waals surface area contributed by atoms with Gasteiger partial charge < -0.3 is 33.2 Å². The van der Waals surface area contributed by atoms with Crippen molar-refractivity contribution in [2.24, 2.45) is 0 Å². The molecule has 0 aromatic rings. The molecular weight excluding hydrogens is 444 g/mol. The van der Waals surface area contributed by atoms with Gasteiger partial charge in [-0.15, -0.1) is 0 Å². The summed E-state index contributed by atoms with van der Waals surface area (Å²) >= 11 is 0. The highest BCUT2D eigenvalue weighted by molar-refractivity contribution is 5.69. The van der Waals surface area contributed by atoms with Crippen LogP contribution in [0.4, 0.5) is 0 Å². The van der Waals surface area contributed by atoms with Crippen LogP contribution in [0.1, 0.15) is 40.5 Å². The van der Waals surface area contributed by atoms with Gasteiger partial charge in [0.2, 0.25) is 0 Å². The molecule has 0 aromatic carbocycles. The Balaban J connectivity index is 3.08. The maximum Gasteiger partial charge on any atom is 0.305 e. The molecule has 1 aliphatic heterocycles. The number of hydrogen-bond acceptors (Lipinski definition) is 12. The van der Waals surface area contributed by atoms with Crippen molar-refractivity contribution >= 4 is 29.8 Å². The monoisotopic (exact) mass is 474 g/mol. The van der Waals surface area contributed by atoms with Crippen LogP contribution in [0.3, 0.4) is 0 Å². The Morgan fingerprint density at radius 2 is 1.36 bits per heavy atom. The van der Waals surface area contributed by atoms with E-state index in [-0.39, 0.29) is 25.6 Å². The van der Waals surface area contributed by atoms with E-state index < -0.39 is 54.6 Å². The highest BCUT2D eigenvalue weighted by Crippen LogP contribution is 2.30. The summed E-state index contributed by atoms with van der Waals surface area (Å²) < 4.78 is 36.8. The first kappa shape index (κ1) is 28.0. The van der Waals surface area contributed by atoms with Gasteiger partial charge in [-0.1, -0.05) is 12.2 Å². The Hall–Kier alpha value is -2.99. The lowest BCUT2D eigenvalue weighted by atomic mass is 9.98. The second-order valence-electron chi connectivity index (χ2n) is 6.99. The van der Waals surface area contributed by atoms with Crippen molar-refractivity contribution in [3.05, 3.63) is 12.2 Å². The van der Waals surface area contributed by atoms with Crippen LogP contribution in [0, 0.1) is 0 Å². The maximum absolute atomic E-state index is 11.7. The van der Waals surface area contributed by atoms with Crippen molar-refractivity contribution in [3.8, 4) is 0 Å². The van der Waals surface area contributed by atoms with Gasteiger partial charge in [0, 0.05) is 34.1 Å². The zero-order chi connectivity index (χ0) is 25.0. The van der Waals surface area contributed by atoms with Crippen molar-refractivity contribution in [2.75, 3.05) is 20.3 Å². The average molecular weight is 474 g/mol. The Kier molecular flexibility index (Phi) is 12.1. The van der Waals surface area contributed by atoms with Gasteiger partial charge in [0.15, 0.2) is 24.6 Å². The van der Waals surface area contributed by atoms with E-state index in [0.717, 1.165) is 20.8 Å². The lowest BCUT2D eigenvalue weighted by molar-refractivity contribution is -0.305. The van der Waals surface area contributed by atoms with Gasteiger partial charge in [0.1, 0.15) is 12.7 Å². The Bertz CT molecular complexity index is 731. The van der Waals surface area contributed by atoms with Crippen LogP contribution in [-0.2, 0) is 57.1 Å². The van der Waals surface area contributed by atoms with Gasteiger partial charge >= 0.3 is 29.8 Å². The minimum Gasteiger partial charge on any atom is -0.469 e. The molecule has 0 saturated carbocycles. The van der Waals surface area contributed by atoms with Crippen LogP contribution in [0.5, 0.6) is 0 Å². The molecule has 1 heterocycles. The van der Waals surface area contributed by atoms with Crippen LogP contribution < -0.4 is 0 Å². The van der Waals surface area contributed by atoms with E-state index in [0.29, 0.717) is 6.42 Å². The molecule has 1 fully saturated rings.